The van der Waals surface area contributed by atoms with Crippen molar-refractivity contribution in [1.82, 2.24) is 5.32 Å². The Hall–Kier alpha value is -3.11. The van der Waals surface area contributed by atoms with Crippen LogP contribution in [0.15, 0.2) is 24.3 Å². The van der Waals surface area contributed by atoms with Crippen molar-refractivity contribution in [3.8, 4) is 0 Å². The SMILES string of the molecule is COC(=O)C(C(=O)OC)[C@@H](C)[C@H](NC(=O)c1ccccc1C(F)(F)F)C(N)=O. The van der Waals surface area contributed by atoms with Crippen LogP contribution < -0.4 is 11.1 Å². The molecule has 0 heterocycles. The zero-order chi connectivity index (χ0) is 21.6. The number of carbonyl (C=O) groups excluding carboxylic acids is 4. The van der Waals surface area contributed by atoms with Gasteiger partial charge in [-0.1, -0.05) is 19.1 Å². The van der Waals surface area contributed by atoms with Crippen molar-refractivity contribution in [2.75, 3.05) is 14.2 Å². The molecule has 0 radical (unpaired) electrons. The molecule has 2 amide bonds. The number of alkyl halides is 3. The van der Waals surface area contributed by atoms with Crippen LogP contribution in [0, 0.1) is 11.8 Å². The monoisotopic (exact) mass is 404 g/mol. The lowest BCUT2D eigenvalue weighted by Crippen LogP contribution is -2.53. The highest BCUT2D eigenvalue weighted by atomic mass is 19.4. The number of benzene rings is 1. The number of hydrogen-bond acceptors (Lipinski definition) is 6. The lowest BCUT2D eigenvalue weighted by Gasteiger charge is -2.27. The summed E-state index contributed by atoms with van der Waals surface area (Å²) < 4.78 is 48.3. The third-order valence-corrected chi connectivity index (χ3v) is 4.03. The summed E-state index contributed by atoms with van der Waals surface area (Å²) >= 11 is 0. The molecule has 0 spiro atoms. The van der Waals surface area contributed by atoms with Crippen molar-refractivity contribution in [2.24, 2.45) is 17.6 Å². The Morgan fingerprint density at radius 1 is 1.04 bits per heavy atom. The number of methoxy groups -OCH3 is 2. The zero-order valence-corrected chi connectivity index (χ0v) is 15.2. The number of ether oxygens (including phenoxy) is 2. The minimum atomic E-state index is -4.82. The number of hydrogen-bond donors (Lipinski definition) is 2. The van der Waals surface area contributed by atoms with Crippen LogP contribution in [0.3, 0.4) is 0 Å². The Morgan fingerprint density at radius 2 is 1.54 bits per heavy atom. The number of esters is 2. The number of amides is 2. The Bertz CT molecular complexity index is 750. The maximum Gasteiger partial charge on any atom is 0.417 e. The van der Waals surface area contributed by atoms with E-state index < -0.39 is 58.9 Å². The van der Waals surface area contributed by atoms with Gasteiger partial charge in [0.2, 0.25) is 5.91 Å². The molecule has 0 aliphatic rings. The highest BCUT2D eigenvalue weighted by molar-refractivity contribution is 6.00. The molecule has 0 unspecified atom stereocenters. The first-order chi connectivity index (χ1) is 12.9. The van der Waals surface area contributed by atoms with E-state index in [1.807, 2.05) is 0 Å². The molecule has 1 aromatic rings. The molecule has 28 heavy (non-hydrogen) atoms. The van der Waals surface area contributed by atoms with E-state index in [4.69, 9.17) is 5.73 Å². The standard InChI is InChI=1S/C17H19F3N2O6/c1-8(11(15(25)27-2)16(26)28-3)12(13(21)23)22-14(24)9-6-4-5-7-10(9)17(18,19)20/h4-8,11-12H,1-3H3,(H2,21,23)(H,22,24)/t8-,12+/m1/s1. The van der Waals surface area contributed by atoms with Crippen molar-refractivity contribution in [1.29, 1.82) is 0 Å². The second-order valence-electron chi connectivity index (χ2n) is 5.78. The molecule has 2 atom stereocenters. The van der Waals surface area contributed by atoms with E-state index in [0.717, 1.165) is 26.4 Å². The molecule has 0 aliphatic heterocycles. The summed E-state index contributed by atoms with van der Waals surface area (Å²) in [6, 6.07) is 2.26. The normalized spacial score (nSPS) is 13.4. The van der Waals surface area contributed by atoms with Crippen LogP contribution in [-0.4, -0.2) is 44.0 Å². The average molecular weight is 404 g/mol. The molecule has 8 nitrogen and oxygen atoms in total. The van der Waals surface area contributed by atoms with Gasteiger partial charge in [0.15, 0.2) is 5.92 Å². The molecule has 1 aromatic carbocycles. The molecule has 0 aliphatic carbocycles. The summed E-state index contributed by atoms with van der Waals surface area (Å²) in [7, 11) is 1.98. The number of nitrogens with two attached hydrogens (primary N) is 1. The van der Waals surface area contributed by atoms with Crippen molar-refractivity contribution < 1.29 is 41.8 Å². The van der Waals surface area contributed by atoms with E-state index >= 15 is 0 Å². The summed E-state index contributed by atoms with van der Waals surface area (Å²) in [5, 5.41) is 2.05. The van der Waals surface area contributed by atoms with E-state index in [2.05, 4.69) is 14.8 Å². The topological polar surface area (TPSA) is 125 Å². The number of halogens is 3. The van der Waals surface area contributed by atoms with Crippen LogP contribution in [0.1, 0.15) is 22.8 Å². The fourth-order valence-electron chi connectivity index (χ4n) is 2.58. The molecule has 0 saturated heterocycles. The van der Waals surface area contributed by atoms with E-state index in [9.17, 15) is 32.3 Å². The molecule has 0 aromatic heterocycles. The van der Waals surface area contributed by atoms with Gasteiger partial charge in [-0.05, 0) is 12.1 Å². The van der Waals surface area contributed by atoms with E-state index in [-0.39, 0.29) is 0 Å². The first-order valence-electron chi connectivity index (χ1n) is 7.87. The second kappa shape index (κ2) is 9.20. The number of carbonyl (C=O) groups is 4. The maximum atomic E-state index is 13.1. The second-order valence-corrected chi connectivity index (χ2v) is 5.78. The molecule has 0 fully saturated rings. The van der Waals surface area contributed by atoms with Crippen molar-refractivity contribution in [3.63, 3.8) is 0 Å². The van der Waals surface area contributed by atoms with E-state index in [1.54, 1.807) is 0 Å². The van der Waals surface area contributed by atoms with Crippen LogP contribution in [0.25, 0.3) is 0 Å². The number of nitrogens with one attached hydrogen (secondary N) is 1. The third-order valence-electron chi connectivity index (χ3n) is 4.03. The van der Waals surface area contributed by atoms with Gasteiger partial charge in [-0.3, -0.25) is 19.2 Å². The van der Waals surface area contributed by atoms with E-state index in [0.29, 0.717) is 6.07 Å². The van der Waals surface area contributed by atoms with Gasteiger partial charge in [0, 0.05) is 5.92 Å². The Labute approximate surface area is 158 Å². The van der Waals surface area contributed by atoms with Gasteiger partial charge < -0.3 is 20.5 Å². The van der Waals surface area contributed by atoms with Gasteiger partial charge in [0.25, 0.3) is 5.91 Å². The fourth-order valence-corrected chi connectivity index (χ4v) is 2.58. The van der Waals surface area contributed by atoms with E-state index in [1.165, 1.54) is 13.0 Å². The maximum absolute atomic E-state index is 13.1. The smallest absolute Gasteiger partial charge is 0.417 e. The summed E-state index contributed by atoms with van der Waals surface area (Å²) in [6.45, 7) is 1.23. The first-order valence-corrected chi connectivity index (χ1v) is 7.87. The Balaban J connectivity index is 3.24. The minimum Gasteiger partial charge on any atom is -0.468 e. The van der Waals surface area contributed by atoms with Crippen LogP contribution in [0.5, 0.6) is 0 Å². The molecule has 0 saturated carbocycles. The summed E-state index contributed by atoms with van der Waals surface area (Å²) in [4.78, 5) is 47.9. The third kappa shape index (κ3) is 5.21. The van der Waals surface area contributed by atoms with Crippen molar-refractivity contribution in [2.45, 2.75) is 19.1 Å². The lowest BCUT2D eigenvalue weighted by molar-refractivity contribution is -0.162. The van der Waals surface area contributed by atoms with Gasteiger partial charge in [-0.25, -0.2) is 0 Å². The van der Waals surface area contributed by atoms with Crippen molar-refractivity contribution in [3.05, 3.63) is 35.4 Å². The van der Waals surface area contributed by atoms with Crippen LogP contribution in [-0.2, 0) is 30.0 Å². The molecule has 3 N–H and O–H groups in total. The minimum absolute atomic E-state index is 0.698. The molecular formula is C17H19F3N2O6. The Kier molecular flexibility index (Phi) is 7.53. The summed E-state index contributed by atoms with van der Waals surface area (Å²) in [5.74, 6) is -7.43. The average Bonchev–Trinajstić information content (AvgIpc) is 2.64. The Morgan fingerprint density at radius 3 is 1.96 bits per heavy atom. The number of primary amides is 1. The predicted octanol–water partition coefficient (Wildman–Crippen LogP) is 0.887. The molecule has 0 bridgehead atoms. The van der Waals surface area contributed by atoms with Crippen molar-refractivity contribution >= 4 is 23.8 Å². The molecule has 154 valence electrons. The molecule has 11 heteroatoms. The quantitative estimate of drug-likeness (QED) is 0.514. The van der Waals surface area contributed by atoms with Gasteiger partial charge in [-0.2, -0.15) is 13.2 Å². The van der Waals surface area contributed by atoms with Gasteiger partial charge in [0.05, 0.1) is 25.3 Å². The molecular weight excluding hydrogens is 385 g/mol. The van der Waals surface area contributed by atoms with Gasteiger partial charge in [-0.15, -0.1) is 0 Å². The first kappa shape index (κ1) is 22.9. The fraction of sp³-hybridized carbons (Fsp3) is 0.412. The van der Waals surface area contributed by atoms with Gasteiger partial charge in [0.1, 0.15) is 6.04 Å². The highest BCUT2D eigenvalue weighted by Crippen LogP contribution is 2.32. The highest BCUT2D eigenvalue weighted by Gasteiger charge is 2.42. The van der Waals surface area contributed by atoms with Gasteiger partial charge >= 0.3 is 18.1 Å². The lowest BCUT2D eigenvalue weighted by atomic mass is 9.86. The van der Waals surface area contributed by atoms with Crippen LogP contribution >= 0.6 is 0 Å². The molecule has 1 rings (SSSR count). The van der Waals surface area contributed by atoms with Crippen LogP contribution in [0.2, 0.25) is 0 Å². The summed E-state index contributed by atoms with van der Waals surface area (Å²) in [5.41, 5.74) is 3.26. The largest absolute Gasteiger partial charge is 0.468 e. The summed E-state index contributed by atoms with van der Waals surface area (Å²) in [6.07, 6.45) is -4.82. The predicted molar refractivity (Wildman–Crippen MR) is 88.6 cm³/mol. The van der Waals surface area contributed by atoms with Crippen LogP contribution in [0.4, 0.5) is 13.2 Å². The zero-order valence-electron chi connectivity index (χ0n) is 15.2. The number of rotatable bonds is 7.